The number of carbonyl (C=O) groups excluding carboxylic acids is 1. The molecule has 0 saturated heterocycles. The van der Waals surface area contributed by atoms with E-state index in [1.165, 1.54) is 0 Å². The van der Waals surface area contributed by atoms with Crippen LogP contribution in [0.4, 0.5) is 27.9 Å². The number of rotatable bonds is 9. The number of carbonyl (C=O) groups is 1. The smallest absolute Gasteiger partial charge is 0.345 e. The first-order chi connectivity index (χ1) is 18.1. The highest BCUT2D eigenvalue weighted by Gasteiger charge is 2.32. The van der Waals surface area contributed by atoms with Crippen LogP contribution in [-0.4, -0.2) is 54.5 Å². The standard InChI is InChI=1S/C23H18F5N9O/c1-37(6-2-3-18-31-10-13(11-32-18)20(24)25)22-33-14(19-15(8-29)35-36-21(19)34-22)7-16(38)12-4-5-17(30-9-12)23(26,27)28/h4-5,9-11,20H,2-3,6-7H2,1H3,(H,33,34,35,36). The Bertz CT molecular complexity index is 1430. The van der Waals surface area contributed by atoms with E-state index in [-0.39, 0.29) is 40.3 Å². The van der Waals surface area contributed by atoms with E-state index in [2.05, 4.69) is 35.1 Å². The van der Waals surface area contributed by atoms with Crippen molar-refractivity contribution >= 4 is 11.7 Å². The minimum absolute atomic E-state index is 0.0462. The topological polar surface area (TPSA) is 137 Å². The maximum absolute atomic E-state index is 12.9. The zero-order valence-corrected chi connectivity index (χ0v) is 19.7. The van der Waals surface area contributed by atoms with Gasteiger partial charge in [-0.1, -0.05) is 0 Å². The lowest BCUT2D eigenvalue weighted by atomic mass is 10.0. The van der Waals surface area contributed by atoms with Crippen LogP contribution in [0.1, 0.15) is 51.7 Å². The van der Waals surface area contributed by atoms with Gasteiger partial charge in [0.2, 0.25) is 5.95 Å². The number of aromatic amines is 1. The number of fused-ring (bicyclic) bond motifs is 1. The summed E-state index contributed by atoms with van der Waals surface area (Å²) in [6.45, 7) is 0.421. The van der Waals surface area contributed by atoms with Crippen LogP contribution in [0.15, 0.2) is 30.7 Å². The average Bonchev–Trinajstić information content (AvgIpc) is 3.32. The molecule has 0 saturated carbocycles. The lowest BCUT2D eigenvalue weighted by Crippen LogP contribution is -2.23. The maximum Gasteiger partial charge on any atom is 0.433 e. The molecule has 10 nitrogen and oxygen atoms in total. The molecule has 0 amide bonds. The summed E-state index contributed by atoms with van der Waals surface area (Å²) in [5.41, 5.74) is -1.01. The van der Waals surface area contributed by atoms with E-state index >= 15 is 0 Å². The van der Waals surface area contributed by atoms with Gasteiger partial charge in [-0.2, -0.15) is 23.4 Å². The van der Waals surface area contributed by atoms with E-state index in [9.17, 15) is 32.0 Å². The van der Waals surface area contributed by atoms with Gasteiger partial charge in [-0.15, -0.1) is 10.2 Å². The predicted octanol–water partition coefficient (Wildman–Crippen LogP) is 3.81. The largest absolute Gasteiger partial charge is 0.433 e. The van der Waals surface area contributed by atoms with Gasteiger partial charge in [-0.05, 0) is 18.6 Å². The predicted molar refractivity (Wildman–Crippen MR) is 121 cm³/mol. The number of ketones is 1. The number of pyridine rings is 1. The number of halogens is 5. The van der Waals surface area contributed by atoms with Crippen molar-refractivity contribution in [2.24, 2.45) is 0 Å². The Balaban J connectivity index is 1.51. The number of nitrogens with one attached hydrogen (secondary N) is 1. The summed E-state index contributed by atoms with van der Waals surface area (Å²) in [6, 6.07) is 3.63. The average molecular weight is 531 g/mol. The van der Waals surface area contributed by atoms with Crippen LogP contribution in [0.25, 0.3) is 11.4 Å². The molecule has 4 rings (SSSR count). The minimum Gasteiger partial charge on any atom is -0.345 e. The molecule has 0 aromatic carbocycles. The molecule has 2 aromatic rings. The molecule has 0 radical (unpaired) electrons. The molecular formula is C23H18F5N9O. The Morgan fingerprint density at radius 3 is 2.47 bits per heavy atom. The molecule has 0 spiro atoms. The monoisotopic (exact) mass is 531 g/mol. The van der Waals surface area contributed by atoms with Crippen molar-refractivity contribution in [1.29, 1.82) is 5.26 Å². The van der Waals surface area contributed by atoms with Crippen molar-refractivity contribution in [1.82, 2.24) is 35.1 Å². The first kappa shape index (κ1) is 26.5. The van der Waals surface area contributed by atoms with Gasteiger partial charge in [-0.25, -0.2) is 18.7 Å². The van der Waals surface area contributed by atoms with E-state index in [0.717, 1.165) is 30.7 Å². The summed E-state index contributed by atoms with van der Waals surface area (Å²) in [4.78, 5) is 33.1. The third kappa shape index (κ3) is 5.85. The number of hydrogen-bond donors (Lipinski definition) is 1. The molecule has 2 aliphatic heterocycles. The molecule has 0 atom stereocenters. The Kier molecular flexibility index (Phi) is 7.51. The van der Waals surface area contributed by atoms with Crippen LogP contribution in [0.5, 0.6) is 0 Å². The highest BCUT2D eigenvalue weighted by Crippen LogP contribution is 2.29. The molecule has 196 valence electrons. The molecule has 15 heteroatoms. The number of anilines is 1. The molecule has 1 N–H and O–H groups in total. The third-order valence-electron chi connectivity index (χ3n) is 5.53. The summed E-state index contributed by atoms with van der Waals surface area (Å²) < 4.78 is 63.7. The fourth-order valence-corrected chi connectivity index (χ4v) is 3.55. The van der Waals surface area contributed by atoms with Crippen LogP contribution in [0.3, 0.4) is 0 Å². The maximum atomic E-state index is 12.9. The minimum atomic E-state index is -4.64. The molecule has 0 fully saturated rings. The number of nitrogens with zero attached hydrogens (tertiary/aromatic N) is 8. The van der Waals surface area contributed by atoms with Gasteiger partial charge >= 0.3 is 6.18 Å². The van der Waals surface area contributed by atoms with Crippen molar-refractivity contribution in [3.8, 4) is 17.5 Å². The van der Waals surface area contributed by atoms with E-state index in [1.807, 2.05) is 6.07 Å². The van der Waals surface area contributed by atoms with Crippen molar-refractivity contribution < 1.29 is 26.7 Å². The summed E-state index contributed by atoms with van der Waals surface area (Å²) in [5.74, 6) is 0.260. The van der Waals surface area contributed by atoms with Crippen molar-refractivity contribution in [3.63, 3.8) is 0 Å². The van der Waals surface area contributed by atoms with Crippen LogP contribution < -0.4 is 4.90 Å². The quantitative estimate of drug-likeness (QED) is 0.252. The highest BCUT2D eigenvalue weighted by atomic mass is 19.4. The molecule has 0 aliphatic carbocycles. The number of H-pyrrole nitrogens is 1. The van der Waals surface area contributed by atoms with E-state index in [1.54, 1.807) is 11.9 Å². The van der Waals surface area contributed by atoms with Crippen molar-refractivity contribution in [3.05, 3.63) is 64.8 Å². The van der Waals surface area contributed by atoms with E-state index in [0.29, 0.717) is 31.2 Å². The first-order valence-corrected chi connectivity index (χ1v) is 11.1. The SMILES string of the molecule is CN(CCCc1ncc(C(F)F)cn1)c1nc2nnc(C#N)c-2c(CC(=O)c2ccc(C(F)(F)F)nc2)[nH]1. The lowest BCUT2D eigenvalue weighted by molar-refractivity contribution is -0.141. The molecule has 2 aromatic heterocycles. The van der Waals surface area contributed by atoms with Crippen LogP contribution in [0.2, 0.25) is 0 Å². The van der Waals surface area contributed by atoms with Crippen molar-refractivity contribution in [2.75, 3.05) is 18.5 Å². The number of hydrogen-bond acceptors (Lipinski definition) is 9. The Morgan fingerprint density at radius 2 is 1.87 bits per heavy atom. The first-order valence-electron chi connectivity index (χ1n) is 11.1. The number of aryl methyl sites for hydroxylation is 1. The van der Waals surface area contributed by atoms with Gasteiger partial charge in [-0.3, -0.25) is 9.78 Å². The number of alkyl halides is 5. The second-order valence-electron chi connectivity index (χ2n) is 8.19. The number of nitriles is 1. The second kappa shape index (κ2) is 10.8. The van der Waals surface area contributed by atoms with Crippen LogP contribution in [-0.2, 0) is 19.0 Å². The fraction of sp³-hybridized carbons (Fsp3) is 0.304. The van der Waals surface area contributed by atoms with Crippen molar-refractivity contribution in [2.45, 2.75) is 31.9 Å². The molecule has 2 aliphatic rings. The number of Topliss-reactive ketones (excluding diaryl/α,β-unsaturated/α-hetero) is 1. The van der Waals surface area contributed by atoms with Gasteiger partial charge in [0, 0.05) is 49.9 Å². The molecule has 0 unspecified atom stereocenters. The Labute approximate surface area is 212 Å². The van der Waals surface area contributed by atoms with E-state index in [4.69, 9.17) is 0 Å². The molecular weight excluding hydrogens is 513 g/mol. The summed E-state index contributed by atoms with van der Waals surface area (Å²) in [5, 5.41) is 17.1. The number of aromatic nitrogens is 7. The summed E-state index contributed by atoms with van der Waals surface area (Å²) >= 11 is 0. The summed E-state index contributed by atoms with van der Waals surface area (Å²) in [7, 11) is 1.71. The van der Waals surface area contributed by atoms with Gasteiger partial charge in [0.25, 0.3) is 6.43 Å². The zero-order valence-electron chi connectivity index (χ0n) is 19.7. The lowest BCUT2D eigenvalue weighted by Gasteiger charge is -2.20. The fourth-order valence-electron chi connectivity index (χ4n) is 3.55. The van der Waals surface area contributed by atoms with E-state index < -0.39 is 24.1 Å². The summed E-state index contributed by atoms with van der Waals surface area (Å²) in [6.07, 6.45) is -3.66. The molecule has 38 heavy (non-hydrogen) atoms. The van der Waals surface area contributed by atoms with Crippen LogP contribution in [0, 0.1) is 11.3 Å². The van der Waals surface area contributed by atoms with Gasteiger partial charge in [0.05, 0.1) is 17.5 Å². The Morgan fingerprint density at radius 1 is 1.13 bits per heavy atom. The third-order valence-corrected chi connectivity index (χ3v) is 5.53. The Hall–Kier alpha value is -4.61. The van der Waals surface area contributed by atoms with Gasteiger partial charge in [0.1, 0.15) is 17.6 Å². The molecule has 4 heterocycles. The van der Waals surface area contributed by atoms with Gasteiger partial charge < -0.3 is 9.88 Å². The zero-order chi connectivity index (χ0) is 27.4. The normalized spacial score (nSPS) is 11.6. The van der Waals surface area contributed by atoms with Gasteiger partial charge in [0.15, 0.2) is 17.3 Å². The molecule has 0 bridgehead atoms. The highest BCUT2D eigenvalue weighted by molar-refractivity contribution is 5.98. The van der Waals surface area contributed by atoms with Crippen LogP contribution >= 0.6 is 0 Å². The second-order valence-corrected chi connectivity index (χ2v) is 8.19.